The average molecular weight is 341 g/mol. The summed E-state index contributed by atoms with van der Waals surface area (Å²) >= 11 is 5.79. The fourth-order valence-electron chi connectivity index (χ4n) is 1.86. The number of carbonyl (C=O) groups is 2. The standard InChI is InChI=1S/C18H25ClO4/c1-14(2)12-22-17(20)6-4-3-5-7-18(21)23-13-15-8-10-16(19)11-9-15/h8-11,14H,3-7,12-13H2,1-2H3. The predicted octanol–water partition coefficient (Wildman–Crippen LogP) is 4.53. The summed E-state index contributed by atoms with van der Waals surface area (Å²) in [5.41, 5.74) is 0.913. The van der Waals surface area contributed by atoms with Gasteiger partial charge in [-0.3, -0.25) is 9.59 Å². The van der Waals surface area contributed by atoms with E-state index in [1.807, 2.05) is 26.0 Å². The van der Waals surface area contributed by atoms with E-state index in [4.69, 9.17) is 21.1 Å². The molecular formula is C18H25ClO4. The summed E-state index contributed by atoms with van der Waals surface area (Å²) in [6.45, 7) is 4.74. The first-order valence-electron chi connectivity index (χ1n) is 8.03. The van der Waals surface area contributed by atoms with E-state index in [9.17, 15) is 9.59 Å². The molecule has 1 aromatic carbocycles. The highest BCUT2D eigenvalue weighted by atomic mass is 35.5. The molecule has 4 nitrogen and oxygen atoms in total. The molecule has 0 radical (unpaired) electrons. The van der Waals surface area contributed by atoms with Crippen molar-refractivity contribution >= 4 is 23.5 Å². The lowest BCUT2D eigenvalue weighted by Crippen LogP contribution is -2.09. The van der Waals surface area contributed by atoms with Gasteiger partial charge in [-0.05, 0) is 36.5 Å². The third-order valence-corrected chi connectivity index (χ3v) is 3.40. The molecule has 0 fully saturated rings. The number of ether oxygens (including phenoxy) is 2. The van der Waals surface area contributed by atoms with Crippen molar-refractivity contribution in [2.24, 2.45) is 5.92 Å². The van der Waals surface area contributed by atoms with Crippen LogP contribution < -0.4 is 0 Å². The maximum atomic E-state index is 11.6. The highest BCUT2D eigenvalue weighted by Gasteiger charge is 2.06. The minimum absolute atomic E-state index is 0.163. The van der Waals surface area contributed by atoms with Crippen molar-refractivity contribution in [2.75, 3.05) is 6.61 Å². The van der Waals surface area contributed by atoms with Crippen LogP contribution in [0.15, 0.2) is 24.3 Å². The third kappa shape index (κ3) is 9.95. The summed E-state index contributed by atoms with van der Waals surface area (Å²) in [4.78, 5) is 23.0. The molecule has 1 rings (SSSR count). The zero-order valence-electron chi connectivity index (χ0n) is 13.8. The quantitative estimate of drug-likeness (QED) is 0.463. The third-order valence-electron chi connectivity index (χ3n) is 3.15. The summed E-state index contributed by atoms with van der Waals surface area (Å²) in [6, 6.07) is 7.20. The number of unbranched alkanes of at least 4 members (excludes halogenated alkanes) is 2. The minimum Gasteiger partial charge on any atom is -0.465 e. The first-order valence-corrected chi connectivity index (χ1v) is 8.41. The molecule has 0 unspecified atom stereocenters. The van der Waals surface area contributed by atoms with Crippen molar-refractivity contribution in [2.45, 2.75) is 52.6 Å². The van der Waals surface area contributed by atoms with Gasteiger partial charge in [0, 0.05) is 17.9 Å². The van der Waals surface area contributed by atoms with Crippen LogP contribution in [0.4, 0.5) is 0 Å². The van der Waals surface area contributed by atoms with Gasteiger partial charge in [0.25, 0.3) is 0 Å². The number of hydrogen-bond acceptors (Lipinski definition) is 4. The van der Waals surface area contributed by atoms with Crippen molar-refractivity contribution in [3.63, 3.8) is 0 Å². The van der Waals surface area contributed by atoms with Gasteiger partial charge in [0.05, 0.1) is 6.61 Å². The van der Waals surface area contributed by atoms with Gasteiger partial charge in [-0.15, -0.1) is 0 Å². The Kier molecular flexibility index (Phi) is 9.37. The van der Waals surface area contributed by atoms with Gasteiger partial charge >= 0.3 is 11.9 Å². The Morgan fingerprint density at radius 1 is 0.957 bits per heavy atom. The summed E-state index contributed by atoms with van der Waals surface area (Å²) < 4.78 is 10.3. The van der Waals surface area contributed by atoms with Crippen LogP contribution in [0, 0.1) is 5.92 Å². The number of benzene rings is 1. The number of rotatable bonds is 10. The highest BCUT2D eigenvalue weighted by molar-refractivity contribution is 6.30. The van der Waals surface area contributed by atoms with E-state index in [1.54, 1.807) is 12.1 Å². The van der Waals surface area contributed by atoms with Crippen molar-refractivity contribution in [3.05, 3.63) is 34.9 Å². The Morgan fingerprint density at radius 2 is 1.52 bits per heavy atom. The second-order valence-electron chi connectivity index (χ2n) is 5.92. The molecule has 0 amide bonds. The number of esters is 2. The van der Waals surface area contributed by atoms with E-state index < -0.39 is 0 Å². The molecule has 1 aromatic rings. The topological polar surface area (TPSA) is 52.6 Å². The van der Waals surface area contributed by atoms with Crippen molar-refractivity contribution in [3.8, 4) is 0 Å². The van der Waals surface area contributed by atoms with Crippen molar-refractivity contribution < 1.29 is 19.1 Å². The average Bonchev–Trinajstić information content (AvgIpc) is 2.52. The molecule has 0 heterocycles. The maximum Gasteiger partial charge on any atom is 0.306 e. The molecule has 0 aliphatic heterocycles. The van der Waals surface area contributed by atoms with Gasteiger partial charge in [-0.1, -0.05) is 44.0 Å². The zero-order chi connectivity index (χ0) is 17.1. The lowest BCUT2D eigenvalue weighted by Gasteiger charge is -2.07. The van der Waals surface area contributed by atoms with E-state index in [1.165, 1.54) is 0 Å². The van der Waals surface area contributed by atoms with Crippen LogP contribution in [0.1, 0.15) is 51.5 Å². The normalized spacial score (nSPS) is 10.6. The zero-order valence-corrected chi connectivity index (χ0v) is 14.6. The molecule has 128 valence electrons. The Balaban J connectivity index is 2.03. The summed E-state index contributed by atoms with van der Waals surface area (Å²) in [7, 11) is 0. The van der Waals surface area contributed by atoms with Gasteiger partial charge in [0.1, 0.15) is 6.61 Å². The Morgan fingerprint density at radius 3 is 2.09 bits per heavy atom. The lowest BCUT2D eigenvalue weighted by molar-refractivity contribution is -0.145. The molecule has 0 N–H and O–H groups in total. The van der Waals surface area contributed by atoms with Crippen LogP contribution in [0.2, 0.25) is 5.02 Å². The summed E-state index contributed by atoms with van der Waals surface area (Å²) in [5.74, 6) is -0.0271. The second-order valence-corrected chi connectivity index (χ2v) is 6.36. The monoisotopic (exact) mass is 340 g/mol. The molecule has 0 atom stereocenters. The minimum atomic E-state index is -0.220. The molecular weight excluding hydrogens is 316 g/mol. The van der Waals surface area contributed by atoms with Crippen LogP contribution in [0.3, 0.4) is 0 Å². The second kappa shape index (κ2) is 11.1. The predicted molar refractivity (Wildman–Crippen MR) is 90.1 cm³/mol. The molecule has 0 spiro atoms. The van der Waals surface area contributed by atoms with Crippen molar-refractivity contribution in [1.29, 1.82) is 0 Å². The first-order chi connectivity index (χ1) is 11.0. The maximum absolute atomic E-state index is 11.6. The van der Waals surface area contributed by atoms with Crippen molar-refractivity contribution in [1.82, 2.24) is 0 Å². The van der Waals surface area contributed by atoms with Gasteiger partial charge in [0.2, 0.25) is 0 Å². The number of hydrogen-bond donors (Lipinski definition) is 0. The molecule has 0 saturated heterocycles. The fraction of sp³-hybridized carbons (Fsp3) is 0.556. The van der Waals surface area contributed by atoms with Crippen LogP contribution >= 0.6 is 11.6 Å². The summed E-state index contributed by atoms with van der Waals surface area (Å²) in [6.07, 6.45) is 3.05. The molecule has 0 aliphatic rings. The summed E-state index contributed by atoms with van der Waals surface area (Å²) in [5, 5.41) is 0.659. The molecule has 0 bridgehead atoms. The smallest absolute Gasteiger partial charge is 0.306 e. The van der Waals surface area contributed by atoms with Crippen LogP contribution in [0.25, 0.3) is 0 Å². The first kappa shape index (κ1) is 19.5. The van der Waals surface area contributed by atoms with Crippen LogP contribution in [-0.2, 0) is 25.7 Å². The van der Waals surface area contributed by atoms with E-state index in [-0.39, 0.29) is 18.5 Å². The SMILES string of the molecule is CC(C)COC(=O)CCCCCC(=O)OCc1ccc(Cl)cc1. The Bertz CT molecular complexity index is 482. The van der Waals surface area contributed by atoms with E-state index in [0.717, 1.165) is 24.8 Å². The molecule has 5 heteroatoms. The van der Waals surface area contributed by atoms with Gasteiger partial charge in [-0.2, -0.15) is 0 Å². The number of carbonyl (C=O) groups excluding carboxylic acids is 2. The van der Waals surface area contributed by atoms with Gasteiger partial charge in [-0.25, -0.2) is 0 Å². The molecule has 0 saturated carbocycles. The Hall–Kier alpha value is -1.55. The largest absolute Gasteiger partial charge is 0.465 e. The van der Waals surface area contributed by atoms with E-state index in [0.29, 0.717) is 30.4 Å². The fourth-order valence-corrected chi connectivity index (χ4v) is 1.99. The van der Waals surface area contributed by atoms with Crippen LogP contribution in [-0.4, -0.2) is 18.5 Å². The highest BCUT2D eigenvalue weighted by Crippen LogP contribution is 2.11. The molecule has 0 aromatic heterocycles. The van der Waals surface area contributed by atoms with E-state index >= 15 is 0 Å². The van der Waals surface area contributed by atoms with E-state index in [2.05, 4.69) is 0 Å². The lowest BCUT2D eigenvalue weighted by atomic mass is 10.1. The Labute approximate surface area is 143 Å². The molecule has 23 heavy (non-hydrogen) atoms. The van der Waals surface area contributed by atoms with Gasteiger partial charge < -0.3 is 9.47 Å². The number of halogens is 1. The molecule has 0 aliphatic carbocycles. The van der Waals surface area contributed by atoms with Gasteiger partial charge in [0.15, 0.2) is 0 Å². The van der Waals surface area contributed by atoms with Crippen LogP contribution in [0.5, 0.6) is 0 Å².